The number of hydrogen-bond acceptors (Lipinski definition) is 2. The maximum atomic E-state index is 12.9. The summed E-state index contributed by atoms with van der Waals surface area (Å²) in [4.78, 5) is 4.58. The van der Waals surface area contributed by atoms with E-state index in [4.69, 9.17) is 4.42 Å². The Morgan fingerprint density at radius 1 is 0.655 bits per heavy atom. The van der Waals surface area contributed by atoms with Crippen molar-refractivity contribution >= 4 is 21.9 Å². The molecule has 4 aromatic carbocycles. The van der Waals surface area contributed by atoms with E-state index in [1.54, 1.807) is 0 Å². The molecule has 0 unspecified atom stereocenters. The summed E-state index contributed by atoms with van der Waals surface area (Å²) in [5, 5.41) is 1.85. The van der Waals surface area contributed by atoms with Crippen LogP contribution in [0.4, 0.5) is 13.2 Å². The molecule has 2 nitrogen and oxygen atoms in total. The third-order valence-corrected chi connectivity index (χ3v) is 4.97. The van der Waals surface area contributed by atoms with Crippen LogP contribution in [-0.2, 0) is 6.18 Å². The first-order valence-electron chi connectivity index (χ1n) is 9.06. The maximum Gasteiger partial charge on any atom is 0.416 e. The van der Waals surface area contributed by atoms with Gasteiger partial charge in [-0.15, -0.1) is 0 Å². The number of halogens is 3. The molecule has 0 saturated carbocycles. The normalized spacial score (nSPS) is 12.0. The monoisotopic (exact) mass is 389 g/mol. The van der Waals surface area contributed by atoms with Gasteiger partial charge in [-0.3, -0.25) is 0 Å². The van der Waals surface area contributed by atoms with Gasteiger partial charge in [0.05, 0.1) is 5.56 Å². The van der Waals surface area contributed by atoms with Crippen molar-refractivity contribution < 1.29 is 17.6 Å². The fourth-order valence-electron chi connectivity index (χ4n) is 3.56. The SMILES string of the molecule is FC(F)(F)c1ccc(-c2ccc(-c3nc4ccccc4o3)c3ccccc23)cc1. The molecule has 0 atom stereocenters. The molecule has 5 rings (SSSR count). The quantitative estimate of drug-likeness (QED) is 0.316. The van der Waals surface area contributed by atoms with Crippen molar-refractivity contribution in [1.29, 1.82) is 0 Å². The first kappa shape index (κ1) is 17.5. The van der Waals surface area contributed by atoms with Gasteiger partial charge in [0.25, 0.3) is 0 Å². The number of hydrogen-bond donors (Lipinski definition) is 0. The Bertz CT molecular complexity index is 1300. The first-order valence-corrected chi connectivity index (χ1v) is 9.06. The molecule has 0 aliphatic heterocycles. The average Bonchev–Trinajstić information content (AvgIpc) is 3.16. The second-order valence-electron chi connectivity index (χ2n) is 6.77. The number of alkyl halides is 3. The Kier molecular flexibility index (Phi) is 3.91. The number of rotatable bonds is 2. The Morgan fingerprint density at radius 3 is 1.97 bits per heavy atom. The van der Waals surface area contributed by atoms with Gasteiger partial charge in [-0.1, -0.05) is 54.6 Å². The van der Waals surface area contributed by atoms with E-state index in [1.165, 1.54) is 12.1 Å². The Hall–Kier alpha value is -3.60. The van der Waals surface area contributed by atoms with Crippen molar-refractivity contribution in [2.75, 3.05) is 0 Å². The van der Waals surface area contributed by atoms with Crippen molar-refractivity contribution in [2.24, 2.45) is 0 Å². The van der Waals surface area contributed by atoms with Crippen molar-refractivity contribution in [3.63, 3.8) is 0 Å². The lowest BCUT2D eigenvalue weighted by Gasteiger charge is -2.11. The zero-order chi connectivity index (χ0) is 20.0. The van der Waals surface area contributed by atoms with Crippen molar-refractivity contribution in [3.8, 4) is 22.6 Å². The molecule has 0 saturated heterocycles. The van der Waals surface area contributed by atoms with Crippen LogP contribution in [0.3, 0.4) is 0 Å². The van der Waals surface area contributed by atoms with E-state index in [0.717, 1.165) is 45.1 Å². The maximum absolute atomic E-state index is 12.9. The number of benzene rings is 4. The molecule has 0 spiro atoms. The highest BCUT2D eigenvalue weighted by atomic mass is 19.4. The number of aromatic nitrogens is 1. The van der Waals surface area contributed by atoms with Gasteiger partial charge in [0.2, 0.25) is 5.89 Å². The highest BCUT2D eigenvalue weighted by Gasteiger charge is 2.30. The Labute approximate surface area is 164 Å². The van der Waals surface area contributed by atoms with Gasteiger partial charge < -0.3 is 4.42 Å². The van der Waals surface area contributed by atoms with Crippen LogP contribution in [0, 0.1) is 0 Å². The van der Waals surface area contributed by atoms with Gasteiger partial charge in [0.1, 0.15) is 5.52 Å². The second kappa shape index (κ2) is 6.48. The van der Waals surface area contributed by atoms with E-state index in [2.05, 4.69) is 4.98 Å². The van der Waals surface area contributed by atoms with E-state index in [-0.39, 0.29) is 0 Å². The van der Waals surface area contributed by atoms with E-state index in [1.807, 2.05) is 60.7 Å². The highest BCUT2D eigenvalue weighted by Crippen LogP contribution is 2.37. The summed E-state index contributed by atoms with van der Waals surface area (Å²) in [6.07, 6.45) is -4.35. The van der Waals surface area contributed by atoms with E-state index >= 15 is 0 Å². The first-order chi connectivity index (χ1) is 14.0. The van der Waals surface area contributed by atoms with Gasteiger partial charge in [-0.05, 0) is 52.2 Å². The van der Waals surface area contributed by atoms with Gasteiger partial charge in [-0.2, -0.15) is 13.2 Å². The third kappa shape index (κ3) is 3.05. The molecular formula is C24H14F3NO. The van der Waals surface area contributed by atoms with E-state index in [0.29, 0.717) is 11.5 Å². The van der Waals surface area contributed by atoms with Crippen LogP contribution >= 0.6 is 0 Å². The predicted molar refractivity (Wildman–Crippen MR) is 107 cm³/mol. The summed E-state index contributed by atoms with van der Waals surface area (Å²) < 4.78 is 44.6. The van der Waals surface area contributed by atoms with E-state index < -0.39 is 11.7 Å². The van der Waals surface area contributed by atoms with Crippen molar-refractivity contribution in [2.45, 2.75) is 6.18 Å². The molecule has 0 fully saturated rings. The van der Waals surface area contributed by atoms with Crippen LogP contribution in [-0.4, -0.2) is 4.98 Å². The van der Waals surface area contributed by atoms with Crippen LogP contribution < -0.4 is 0 Å². The molecular weight excluding hydrogens is 375 g/mol. The van der Waals surface area contributed by atoms with Crippen LogP contribution in [0.2, 0.25) is 0 Å². The zero-order valence-electron chi connectivity index (χ0n) is 15.1. The van der Waals surface area contributed by atoms with Crippen molar-refractivity contribution in [3.05, 3.63) is 90.5 Å². The van der Waals surface area contributed by atoms with Crippen molar-refractivity contribution in [1.82, 2.24) is 4.98 Å². The smallest absolute Gasteiger partial charge is 0.416 e. The summed E-state index contributed by atoms with van der Waals surface area (Å²) >= 11 is 0. The summed E-state index contributed by atoms with van der Waals surface area (Å²) in [5.41, 5.74) is 3.24. The molecule has 0 bridgehead atoms. The molecule has 5 aromatic rings. The standard InChI is InChI=1S/C24H14F3NO/c25-24(26,27)16-11-9-15(10-12-16)17-13-14-20(19-6-2-1-5-18(17)19)23-28-21-7-3-4-8-22(21)29-23/h1-14H. The van der Waals surface area contributed by atoms with Crippen LogP contribution in [0.1, 0.15) is 5.56 Å². The van der Waals surface area contributed by atoms with E-state index in [9.17, 15) is 13.2 Å². The van der Waals surface area contributed by atoms with Gasteiger partial charge in [0, 0.05) is 5.56 Å². The Balaban J connectivity index is 1.67. The second-order valence-corrected chi connectivity index (χ2v) is 6.77. The highest BCUT2D eigenvalue weighted by molar-refractivity contribution is 6.04. The van der Waals surface area contributed by atoms with Crippen LogP contribution in [0.15, 0.2) is 89.3 Å². The van der Waals surface area contributed by atoms with Gasteiger partial charge >= 0.3 is 6.18 Å². The minimum absolute atomic E-state index is 0.515. The molecule has 0 aliphatic carbocycles. The molecule has 0 N–H and O–H groups in total. The fraction of sp³-hybridized carbons (Fsp3) is 0.0417. The molecule has 142 valence electrons. The summed E-state index contributed by atoms with van der Waals surface area (Å²) in [5.74, 6) is 0.515. The number of para-hydroxylation sites is 2. The summed E-state index contributed by atoms with van der Waals surface area (Å²) in [7, 11) is 0. The predicted octanol–water partition coefficient (Wildman–Crippen LogP) is 7.33. The molecule has 5 heteroatoms. The zero-order valence-corrected chi connectivity index (χ0v) is 15.1. The minimum atomic E-state index is -4.35. The lowest BCUT2D eigenvalue weighted by molar-refractivity contribution is -0.137. The van der Waals surface area contributed by atoms with Gasteiger partial charge in [-0.25, -0.2) is 4.98 Å². The fourth-order valence-corrected chi connectivity index (χ4v) is 3.56. The van der Waals surface area contributed by atoms with Crippen LogP contribution in [0.25, 0.3) is 44.5 Å². The van der Waals surface area contributed by atoms with Gasteiger partial charge in [0.15, 0.2) is 5.58 Å². The Morgan fingerprint density at radius 2 is 1.28 bits per heavy atom. The number of oxazole rings is 1. The number of nitrogens with zero attached hydrogens (tertiary/aromatic N) is 1. The molecule has 1 heterocycles. The minimum Gasteiger partial charge on any atom is -0.436 e. The lowest BCUT2D eigenvalue weighted by Crippen LogP contribution is -2.04. The number of fused-ring (bicyclic) bond motifs is 2. The molecule has 29 heavy (non-hydrogen) atoms. The lowest BCUT2D eigenvalue weighted by atomic mass is 9.94. The molecule has 0 aliphatic rings. The third-order valence-electron chi connectivity index (χ3n) is 4.97. The van der Waals surface area contributed by atoms with Crippen LogP contribution in [0.5, 0.6) is 0 Å². The molecule has 0 amide bonds. The summed E-state index contributed by atoms with van der Waals surface area (Å²) in [6, 6.07) is 24.3. The largest absolute Gasteiger partial charge is 0.436 e. The molecule has 1 aromatic heterocycles. The summed E-state index contributed by atoms with van der Waals surface area (Å²) in [6.45, 7) is 0. The average molecular weight is 389 g/mol. The molecule has 0 radical (unpaired) electrons. The topological polar surface area (TPSA) is 26.0 Å².